The number of aryl methyl sites for hydroxylation is 3. The number of carbonyl (C=O) groups excluding carboxylic acids is 3. The summed E-state index contributed by atoms with van der Waals surface area (Å²) in [5.74, 6) is -4.80. The van der Waals surface area contributed by atoms with E-state index in [1.165, 1.54) is 37.2 Å². The Morgan fingerprint density at radius 3 is 1.22 bits per heavy atom. The first kappa shape index (κ1) is 73.9. The van der Waals surface area contributed by atoms with Gasteiger partial charge in [-0.2, -0.15) is 15.3 Å². The van der Waals surface area contributed by atoms with Gasteiger partial charge in [-0.1, -0.05) is 12.1 Å². The van der Waals surface area contributed by atoms with E-state index in [1.807, 2.05) is 42.5 Å². The highest BCUT2D eigenvalue weighted by Crippen LogP contribution is 2.42. The second-order valence-corrected chi connectivity index (χ2v) is 27.6. The second-order valence-electron chi connectivity index (χ2n) is 27.6. The number of nitrogens with one attached hydrogen (secondary N) is 9. The van der Waals surface area contributed by atoms with Crippen molar-refractivity contribution in [2.75, 3.05) is 62.0 Å². The minimum absolute atomic E-state index is 0.0188. The first-order chi connectivity index (χ1) is 57.4. The number of carbonyl (C=O) groups is 3. The predicted molar refractivity (Wildman–Crippen MR) is 416 cm³/mol. The fourth-order valence-electron chi connectivity index (χ4n) is 13.4. The minimum Gasteiger partial charge on any atom is -0.454 e. The van der Waals surface area contributed by atoms with Crippen LogP contribution in [-0.2, 0) is 0 Å². The van der Waals surface area contributed by atoms with Gasteiger partial charge in [0.2, 0.25) is 24.4 Å². The van der Waals surface area contributed by atoms with Crippen LogP contribution in [0, 0.1) is 55.7 Å². The zero-order valence-corrected chi connectivity index (χ0v) is 62.2. The van der Waals surface area contributed by atoms with Gasteiger partial charge in [0.1, 0.15) is 35.7 Å². The van der Waals surface area contributed by atoms with Crippen LogP contribution < -0.4 is 39.6 Å². The Bertz CT molecular complexity index is 6640. The molecule has 0 bridgehead atoms. The number of ether oxygens (including phenoxy) is 5. The lowest BCUT2D eigenvalue weighted by Crippen LogP contribution is -2.42. The number of H-pyrrole nitrogens is 6. The Kier molecular flexibility index (Phi) is 19.3. The zero-order valence-electron chi connectivity index (χ0n) is 62.2. The van der Waals surface area contributed by atoms with Crippen LogP contribution in [0.15, 0.2) is 147 Å². The van der Waals surface area contributed by atoms with Gasteiger partial charge in [0.05, 0.1) is 50.4 Å². The van der Waals surface area contributed by atoms with E-state index >= 15 is 13.2 Å². The molecular weight excluding hydrogens is 1540 g/mol. The molecule has 0 unspecified atom stereocenters. The molecule has 15 heterocycles. The maximum atomic E-state index is 15.3. The van der Waals surface area contributed by atoms with Gasteiger partial charge in [-0.25, -0.2) is 56.2 Å². The van der Waals surface area contributed by atoms with Crippen LogP contribution >= 0.6 is 0 Å². The van der Waals surface area contributed by atoms with Gasteiger partial charge in [0, 0.05) is 139 Å². The standard InChI is InChI=1S/C28H21F2N9O2.C27H21F2N7O4.C25H20F2N8O2/c1-14-9-16-24(30)21(11-17(29)25(16)35-14)41-27-23(28(40)39-7-2-8-39)26(33-13-34-27)36-22-12-19(37-38-22)15-3-4-18-20(10-15)32-6-5-31-18;1-13-7-15-23(29)20(9-16(28)24(15)32-13)40-26-22(27(37)36-5-2-6-36)25(30-11-31-26)33-21-10-17(34-35-21)14-3-4-18-19(8-14)39-12-38-18;1-13-9-14-21(27)18(10-15(26)22(14)31-13)37-24-20(25(36)35-7-4-8-35)23(29-12-30-24)32-19-11-17(33-34-19)16-5-2-3-6-28-16/h3-6,9-13,35H,2,7-8H2,1H3,(H2,33,34,36,37,38);3-4,7-11,32H,2,5-6,12H2,1H3,(H2,30,31,33,34,35);2-3,5-6,9-12,31H,4,7-8H2,1H3,(H2,29,30,32,33,34). The van der Waals surface area contributed by atoms with Crippen LogP contribution in [0.2, 0.25) is 0 Å². The van der Waals surface area contributed by atoms with Gasteiger partial charge in [0.15, 0.2) is 98.6 Å². The van der Waals surface area contributed by atoms with Crippen LogP contribution in [0.4, 0.5) is 61.2 Å². The predicted octanol–water partition coefficient (Wildman–Crippen LogP) is 15.0. The van der Waals surface area contributed by atoms with Gasteiger partial charge < -0.3 is 69.3 Å². The Hall–Kier alpha value is -15.5. The molecule has 0 aliphatic carbocycles. The molecule has 32 nitrogen and oxygen atoms in total. The maximum absolute atomic E-state index is 15.3. The summed E-state index contributed by atoms with van der Waals surface area (Å²) in [6.45, 7) is 8.52. The summed E-state index contributed by atoms with van der Waals surface area (Å²) >= 11 is 0. The first-order valence-corrected chi connectivity index (χ1v) is 36.7. The monoisotopic (exact) mass is 1600 g/mol. The van der Waals surface area contributed by atoms with Crippen LogP contribution in [0.5, 0.6) is 46.4 Å². The molecule has 4 aliphatic heterocycles. The summed E-state index contributed by atoms with van der Waals surface area (Å²) in [4.78, 5) is 91.4. The molecule has 0 radical (unpaired) electrons. The Morgan fingerprint density at radius 2 is 0.805 bits per heavy atom. The molecule has 3 saturated heterocycles. The van der Waals surface area contributed by atoms with Gasteiger partial charge in [0.25, 0.3) is 17.7 Å². The molecule has 3 fully saturated rings. The normalized spacial score (nSPS) is 13.3. The largest absolute Gasteiger partial charge is 0.454 e. The smallest absolute Gasteiger partial charge is 0.263 e. The number of fused-ring (bicyclic) bond motifs is 5. The van der Waals surface area contributed by atoms with Gasteiger partial charge in [-0.05, 0) is 101 Å². The molecule has 0 saturated carbocycles. The summed E-state index contributed by atoms with van der Waals surface area (Å²) in [5, 5.41) is 30.8. The lowest BCUT2D eigenvalue weighted by atomic mass is 10.1. The number of likely N-dealkylation sites (tertiary alicyclic amines) is 3. The van der Waals surface area contributed by atoms with Crippen molar-refractivity contribution in [3.63, 3.8) is 0 Å². The fourth-order valence-corrected chi connectivity index (χ4v) is 13.4. The summed E-state index contributed by atoms with van der Waals surface area (Å²) in [6, 6.07) is 29.0. The third-order valence-electron chi connectivity index (χ3n) is 19.7. The molecule has 118 heavy (non-hydrogen) atoms. The number of rotatable bonds is 18. The number of amides is 3. The average Bonchev–Trinajstić information content (AvgIpc) is 1.25. The van der Waals surface area contributed by atoms with Gasteiger partial charge in [-0.3, -0.25) is 44.6 Å². The molecule has 5 aromatic carbocycles. The number of pyridine rings is 1. The Morgan fingerprint density at radius 1 is 0.407 bits per heavy atom. The third-order valence-corrected chi connectivity index (χ3v) is 19.7. The highest BCUT2D eigenvalue weighted by atomic mass is 19.1. The highest BCUT2D eigenvalue weighted by molar-refractivity contribution is 6.04. The highest BCUT2D eigenvalue weighted by Gasteiger charge is 2.35. The van der Waals surface area contributed by atoms with E-state index < -0.39 is 69.9 Å². The molecule has 3 amide bonds. The topological polar surface area (TPSA) is 393 Å². The quantitative estimate of drug-likeness (QED) is 0.0360. The minimum atomic E-state index is -0.781. The molecule has 16 aromatic rings. The fraction of sp³-hybridized carbons (Fsp3) is 0.163. The lowest BCUT2D eigenvalue weighted by Gasteiger charge is -2.31. The molecule has 38 heteroatoms. The van der Waals surface area contributed by atoms with E-state index in [-0.39, 0.29) is 91.3 Å². The molecular formula is C80H62F6N24O8. The Labute approximate surface area is 660 Å². The molecule has 4 aliphatic rings. The van der Waals surface area contributed by atoms with Crippen molar-refractivity contribution >= 4 is 96.4 Å². The van der Waals surface area contributed by atoms with E-state index in [1.54, 1.807) is 84.4 Å². The van der Waals surface area contributed by atoms with Crippen molar-refractivity contribution in [3.05, 3.63) is 215 Å². The molecule has 0 spiro atoms. The second kappa shape index (κ2) is 30.8. The molecule has 0 atom stereocenters. The summed E-state index contributed by atoms with van der Waals surface area (Å²) in [5.41, 5.74) is 7.61. The number of hydrogen-bond acceptors (Lipinski definition) is 23. The third kappa shape index (κ3) is 14.4. The van der Waals surface area contributed by atoms with Crippen LogP contribution in [0.25, 0.3) is 77.6 Å². The zero-order chi connectivity index (χ0) is 81.0. The number of aromatic amines is 6. The number of nitrogens with zero attached hydrogens (tertiary/aromatic N) is 15. The van der Waals surface area contributed by atoms with Crippen molar-refractivity contribution in [3.8, 4) is 80.3 Å². The molecule has 592 valence electrons. The summed E-state index contributed by atoms with van der Waals surface area (Å²) < 4.78 is 118. The van der Waals surface area contributed by atoms with Crippen molar-refractivity contribution in [2.24, 2.45) is 0 Å². The first-order valence-electron chi connectivity index (χ1n) is 36.7. The average molecular weight is 1600 g/mol. The van der Waals surface area contributed by atoms with Crippen LogP contribution in [0.3, 0.4) is 0 Å². The number of anilines is 6. The van der Waals surface area contributed by atoms with E-state index in [4.69, 9.17) is 23.7 Å². The lowest BCUT2D eigenvalue weighted by molar-refractivity contribution is 0.0641. The number of halogens is 6. The number of aromatic nitrogens is 18. The molecule has 9 N–H and O–H groups in total. The van der Waals surface area contributed by atoms with Crippen molar-refractivity contribution in [1.82, 2.24) is 105 Å². The Balaban J connectivity index is 0.000000122. The van der Waals surface area contributed by atoms with Gasteiger partial charge in [-0.15, -0.1) is 0 Å². The van der Waals surface area contributed by atoms with Crippen LogP contribution in [0.1, 0.15) is 67.4 Å². The molecule has 20 rings (SSSR count). The summed E-state index contributed by atoms with van der Waals surface area (Å²) in [7, 11) is 0. The van der Waals surface area contributed by atoms with Crippen molar-refractivity contribution in [1.29, 1.82) is 0 Å². The van der Waals surface area contributed by atoms with Crippen LogP contribution in [-0.4, -0.2) is 169 Å². The molecule has 11 aromatic heterocycles. The van der Waals surface area contributed by atoms with E-state index in [9.17, 15) is 27.6 Å². The van der Waals surface area contributed by atoms with Crippen molar-refractivity contribution < 1.29 is 64.4 Å². The van der Waals surface area contributed by atoms with E-state index in [0.29, 0.717) is 108 Å². The van der Waals surface area contributed by atoms with E-state index in [0.717, 1.165) is 59.6 Å². The van der Waals surface area contributed by atoms with Crippen molar-refractivity contribution in [2.45, 2.75) is 40.0 Å². The summed E-state index contributed by atoms with van der Waals surface area (Å²) in [6.07, 6.45) is 11.0. The number of benzene rings is 5. The van der Waals surface area contributed by atoms with E-state index in [2.05, 4.69) is 106 Å². The SMILES string of the molecule is Cc1cc2c(F)c(Oc3ncnc(Nc4cc(-c5ccc6c(c5)OCO6)[nH]n4)c3C(=O)N3CCC3)cc(F)c2[nH]1.Cc1cc2c(F)c(Oc3ncnc(Nc4cc(-c5ccc6nccnc6c5)[nH]n4)c3C(=O)N3CCC3)cc(F)c2[nH]1.Cc1cc2c(F)c(Oc3ncnc(Nc4cc(-c5ccccn5)[nH]n4)c3C(=O)N3CCC3)cc(F)c2[nH]1. The number of hydrogen-bond donors (Lipinski definition) is 9. The van der Waals surface area contributed by atoms with Gasteiger partial charge >= 0.3 is 0 Å². The maximum Gasteiger partial charge on any atom is 0.263 e.